The van der Waals surface area contributed by atoms with Crippen molar-refractivity contribution in [1.82, 2.24) is 0 Å². The lowest BCUT2D eigenvalue weighted by Crippen LogP contribution is -2.30. The average molecular weight is 841 g/mol. The minimum atomic E-state index is -0.778. The first-order valence-electron chi connectivity index (χ1n) is 25.6. The van der Waals surface area contributed by atoms with Gasteiger partial charge < -0.3 is 14.2 Å². The molecule has 0 saturated heterocycles. The van der Waals surface area contributed by atoms with Gasteiger partial charge in [-0.15, -0.1) is 0 Å². The van der Waals surface area contributed by atoms with Crippen LogP contribution in [0.4, 0.5) is 0 Å². The molecule has 0 rings (SSSR count). The fourth-order valence-electron chi connectivity index (χ4n) is 7.15. The van der Waals surface area contributed by atoms with Gasteiger partial charge in [0.25, 0.3) is 0 Å². The second kappa shape index (κ2) is 49.0. The molecule has 0 aromatic rings. The van der Waals surface area contributed by atoms with Crippen molar-refractivity contribution in [3.8, 4) is 0 Å². The average Bonchev–Trinajstić information content (AvgIpc) is 3.24. The molecule has 1 atom stereocenters. The van der Waals surface area contributed by atoms with Crippen LogP contribution < -0.4 is 0 Å². The number of ether oxygens (including phenoxy) is 3. The second-order valence-corrected chi connectivity index (χ2v) is 17.1. The van der Waals surface area contributed by atoms with E-state index < -0.39 is 6.10 Å². The van der Waals surface area contributed by atoms with Crippen LogP contribution in [0.5, 0.6) is 0 Å². The third kappa shape index (κ3) is 46.4. The zero-order chi connectivity index (χ0) is 43.7. The molecule has 0 amide bonds. The van der Waals surface area contributed by atoms with Crippen molar-refractivity contribution in [2.75, 3.05) is 13.2 Å². The summed E-state index contributed by atoms with van der Waals surface area (Å²) in [7, 11) is 0. The number of unbranched alkanes of at least 4 members (excludes halogenated alkanes) is 27. The molecule has 6 nitrogen and oxygen atoms in total. The van der Waals surface area contributed by atoms with Gasteiger partial charge in [0.05, 0.1) is 0 Å². The normalized spacial score (nSPS) is 12.4. The van der Waals surface area contributed by atoms with Crippen molar-refractivity contribution in [3.05, 3.63) is 48.6 Å². The Balaban J connectivity index is 4.26. The maximum Gasteiger partial charge on any atom is 0.306 e. The maximum absolute atomic E-state index is 12.7. The van der Waals surface area contributed by atoms with E-state index in [1.54, 1.807) is 0 Å². The zero-order valence-corrected chi connectivity index (χ0v) is 39.7. The van der Waals surface area contributed by atoms with Gasteiger partial charge in [-0.3, -0.25) is 14.4 Å². The minimum absolute atomic E-state index is 0.0799. The predicted molar refractivity (Wildman–Crippen MR) is 256 cm³/mol. The molecule has 60 heavy (non-hydrogen) atoms. The Morgan fingerprint density at radius 3 is 0.950 bits per heavy atom. The lowest BCUT2D eigenvalue weighted by atomic mass is 10.1. The van der Waals surface area contributed by atoms with Crippen LogP contribution in [-0.2, 0) is 28.6 Å². The summed E-state index contributed by atoms with van der Waals surface area (Å²) in [6.45, 7) is 6.56. The molecule has 0 aromatic heterocycles. The third-order valence-electron chi connectivity index (χ3n) is 11.1. The van der Waals surface area contributed by atoms with Crippen LogP contribution in [0.25, 0.3) is 0 Å². The van der Waals surface area contributed by atoms with Crippen LogP contribution in [-0.4, -0.2) is 37.2 Å². The highest BCUT2D eigenvalue weighted by atomic mass is 16.6. The zero-order valence-electron chi connectivity index (χ0n) is 39.7. The summed E-state index contributed by atoms with van der Waals surface area (Å²) in [4.78, 5) is 37.8. The van der Waals surface area contributed by atoms with E-state index in [-0.39, 0.29) is 31.1 Å². The topological polar surface area (TPSA) is 78.9 Å². The minimum Gasteiger partial charge on any atom is -0.462 e. The maximum atomic E-state index is 12.7. The largest absolute Gasteiger partial charge is 0.462 e. The van der Waals surface area contributed by atoms with Crippen LogP contribution in [0, 0.1) is 0 Å². The van der Waals surface area contributed by atoms with Gasteiger partial charge in [-0.2, -0.15) is 0 Å². The van der Waals surface area contributed by atoms with Gasteiger partial charge in [0.2, 0.25) is 0 Å². The summed E-state index contributed by atoms with van der Waals surface area (Å²) in [5, 5.41) is 0. The SMILES string of the molecule is CCCCCCC/C=C\C/C=C\C/C=C\CCCCCCCCC(=O)OCC(COC(=O)CCCCCCCCC)OC(=O)CCCCCCC/C=C\CCCCCCC. The van der Waals surface area contributed by atoms with Crippen molar-refractivity contribution >= 4 is 17.9 Å². The molecule has 0 N–H and O–H groups in total. The van der Waals surface area contributed by atoms with E-state index in [1.807, 2.05) is 0 Å². The number of rotatable bonds is 46. The molecule has 0 heterocycles. The first-order chi connectivity index (χ1) is 29.5. The van der Waals surface area contributed by atoms with Gasteiger partial charge in [0, 0.05) is 19.3 Å². The van der Waals surface area contributed by atoms with Gasteiger partial charge in [-0.1, -0.05) is 204 Å². The highest BCUT2D eigenvalue weighted by Gasteiger charge is 2.19. The van der Waals surface area contributed by atoms with Gasteiger partial charge >= 0.3 is 17.9 Å². The van der Waals surface area contributed by atoms with E-state index in [0.29, 0.717) is 19.3 Å². The molecule has 0 spiro atoms. The van der Waals surface area contributed by atoms with Gasteiger partial charge in [0.1, 0.15) is 13.2 Å². The standard InChI is InChI=1S/C54H96O6/c1-4-7-10-13-16-18-20-22-24-25-26-27-28-29-30-32-33-35-38-41-44-47-53(56)59-50-51(49-58-52(55)46-43-40-37-15-12-9-6-3)60-54(57)48-45-42-39-36-34-31-23-21-19-17-14-11-8-5-2/h20-23,25-26,28-29,51H,4-19,24,27,30-50H2,1-3H3/b22-20-,23-21-,26-25-,29-28-. The van der Waals surface area contributed by atoms with Crippen LogP contribution in [0.1, 0.15) is 258 Å². The number of allylic oxidation sites excluding steroid dienone is 8. The van der Waals surface area contributed by atoms with E-state index in [0.717, 1.165) is 89.9 Å². The van der Waals surface area contributed by atoms with Gasteiger partial charge in [0.15, 0.2) is 6.10 Å². The van der Waals surface area contributed by atoms with E-state index in [9.17, 15) is 14.4 Å². The summed E-state index contributed by atoms with van der Waals surface area (Å²) in [5.74, 6) is -0.904. The fraction of sp³-hybridized carbons (Fsp3) is 0.796. The molecule has 0 bridgehead atoms. The van der Waals surface area contributed by atoms with Crippen molar-refractivity contribution in [3.63, 3.8) is 0 Å². The van der Waals surface area contributed by atoms with E-state index in [1.165, 1.54) is 128 Å². The quantitative estimate of drug-likeness (QED) is 0.0263. The highest BCUT2D eigenvalue weighted by Crippen LogP contribution is 2.14. The monoisotopic (exact) mass is 841 g/mol. The molecule has 0 fully saturated rings. The van der Waals surface area contributed by atoms with E-state index in [4.69, 9.17) is 14.2 Å². The predicted octanol–water partition coefficient (Wildman–Crippen LogP) is 16.7. The first-order valence-corrected chi connectivity index (χ1v) is 25.6. The van der Waals surface area contributed by atoms with Crippen molar-refractivity contribution in [1.29, 1.82) is 0 Å². The van der Waals surface area contributed by atoms with Gasteiger partial charge in [-0.05, 0) is 83.5 Å². The summed E-state index contributed by atoms with van der Waals surface area (Å²) >= 11 is 0. The number of carbonyl (C=O) groups is 3. The Morgan fingerprint density at radius 2 is 0.600 bits per heavy atom. The van der Waals surface area contributed by atoms with Crippen molar-refractivity contribution in [2.45, 2.75) is 264 Å². The van der Waals surface area contributed by atoms with E-state index in [2.05, 4.69) is 69.4 Å². The Hall–Kier alpha value is -2.63. The lowest BCUT2D eigenvalue weighted by Gasteiger charge is -2.18. The smallest absolute Gasteiger partial charge is 0.306 e. The molecule has 0 aliphatic heterocycles. The molecule has 0 radical (unpaired) electrons. The summed E-state index contributed by atoms with van der Waals surface area (Å²) < 4.78 is 16.7. The van der Waals surface area contributed by atoms with E-state index >= 15 is 0 Å². The Morgan fingerprint density at radius 1 is 0.333 bits per heavy atom. The van der Waals surface area contributed by atoms with Crippen LogP contribution >= 0.6 is 0 Å². The molecule has 0 aliphatic rings. The Bertz CT molecular complexity index is 1060. The molecule has 0 aliphatic carbocycles. The molecule has 0 saturated carbocycles. The summed E-state index contributed by atoms with van der Waals surface area (Å²) in [6.07, 6.45) is 58.2. The molecule has 6 heteroatoms. The fourth-order valence-corrected chi connectivity index (χ4v) is 7.15. The Labute approximate surface area is 371 Å². The first kappa shape index (κ1) is 57.4. The molecular weight excluding hydrogens is 745 g/mol. The van der Waals surface area contributed by atoms with Crippen LogP contribution in [0.2, 0.25) is 0 Å². The van der Waals surface area contributed by atoms with Crippen molar-refractivity contribution < 1.29 is 28.6 Å². The number of carbonyl (C=O) groups excluding carboxylic acids is 3. The highest BCUT2D eigenvalue weighted by molar-refractivity contribution is 5.71. The molecular formula is C54H96O6. The number of hydrogen-bond acceptors (Lipinski definition) is 6. The molecule has 0 aromatic carbocycles. The molecule has 348 valence electrons. The number of hydrogen-bond donors (Lipinski definition) is 0. The Kier molecular flexibility index (Phi) is 46.9. The van der Waals surface area contributed by atoms with Crippen molar-refractivity contribution in [2.24, 2.45) is 0 Å². The number of esters is 3. The van der Waals surface area contributed by atoms with Crippen LogP contribution in [0.3, 0.4) is 0 Å². The van der Waals surface area contributed by atoms with Gasteiger partial charge in [-0.25, -0.2) is 0 Å². The van der Waals surface area contributed by atoms with Crippen LogP contribution in [0.15, 0.2) is 48.6 Å². The molecule has 1 unspecified atom stereocenters. The summed E-state index contributed by atoms with van der Waals surface area (Å²) in [5.41, 5.74) is 0. The third-order valence-corrected chi connectivity index (χ3v) is 11.1. The lowest BCUT2D eigenvalue weighted by molar-refractivity contribution is -0.167. The summed E-state index contributed by atoms with van der Waals surface area (Å²) in [6, 6.07) is 0. The second-order valence-electron chi connectivity index (χ2n) is 17.1.